The highest BCUT2D eigenvalue weighted by Gasteiger charge is 2.45. The average Bonchev–Trinajstić information content (AvgIpc) is 3.77. The van der Waals surface area contributed by atoms with E-state index < -0.39 is 9.84 Å². The molecule has 1 aromatic carbocycles. The zero-order valence-electron chi connectivity index (χ0n) is 22.0. The van der Waals surface area contributed by atoms with Gasteiger partial charge in [0.2, 0.25) is 0 Å². The Kier molecular flexibility index (Phi) is 6.51. The quantitative estimate of drug-likeness (QED) is 0.465. The van der Waals surface area contributed by atoms with Gasteiger partial charge in [0.05, 0.1) is 28.4 Å². The summed E-state index contributed by atoms with van der Waals surface area (Å²) in [7, 11) is -3.49. The third-order valence-electron chi connectivity index (χ3n) is 7.82. The minimum absolute atomic E-state index is 0.0196. The van der Waals surface area contributed by atoms with Crippen molar-refractivity contribution in [2.24, 2.45) is 10.8 Å². The molecule has 0 atom stereocenters. The number of carbonyl (C=O) groups excluding carboxylic acids is 1. The molecular weight excluding hydrogens is 488 g/mol. The van der Waals surface area contributed by atoms with Crippen molar-refractivity contribution in [1.82, 2.24) is 4.98 Å². The Morgan fingerprint density at radius 2 is 1.76 bits per heavy atom. The number of aromatic nitrogens is 1. The van der Waals surface area contributed by atoms with Crippen molar-refractivity contribution in [2.75, 3.05) is 41.0 Å². The van der Waals surface area contributed by atoms with Gasteiger partial charge in [-0.3, -0.25) is 4.79 Å². The highest BCUT2D eigenvalue weighted by molar-refractivity contribution is 7.91. The van der Waals surface area contributed by atoms with Crippen LogP contribution in [0.5, 0.6) is 0 Å². The van der Waals surface area contributed by atoms with Gasteiger partial charge in [0.25, 0.3) is 5.91 Å². The van der Waals surface area contributed by atoms with E-state index in [0.29, 0.717) is 28.3 Å². The molecule has 37 heavy (non-hydrogen) atoms. The molecule has 3 fully saturated rings. The number of rotatable bonds is 8. The number of aliphatic hydroxyl groups excluding tert-OH is 1. The predicted molar refractivity (Wildman–Crippen MR) is 146 cm³/mol. The largest absolute Gasteiger partial charge is 0.394 e. The number of piperidine rings is 1. The lowest BCUT2D eigenvalue weighted by atomic mass is 9.93. The fourth-order valence-corrected chi connectivity index (χ4v) is 7.07. The topological polar surface area (TPSA) is 112 Å². The Morgan fingerprint density at radius 3 is 2.35 bits per heavy atom. The number of benzene rings is 1. The summed E-state index contributed by atoms with van der Waals surface area (Å²) < 4.78 is 25.8. The van der Waals surface area contributed by atoms with Gasteiger partial charge in [-0.1, -0.05) is 26.8 Å². The van der Waals surface area contributed by atoms with E-state index in [2.05, 4.69) is 15.5 Å². The monoisotopic (exact) mass is 526 g/mol. The number of carbonyl (C=O) groups is 1. The molecule has 9 heteroatoms. The molecule has 200 valence electrons. The number of nitrogens with one attached hydrogen (secondary N) is 2. The minimum atomic E-state index is -3.49. The smallest absolute Gasteiger partial charge is 0.259 e. The van der Waals surface area contributed by atoms with Gasteiger partial charge in [-0.05, 0) is 79.7 Å². The van der Waals surface area contributed by atoms with Crippen LogP contribution in [0.25, 0.3) is 0 Å². The SMILES string of the molecule is CC(C)(C)CS(=O)(=O)c1cccc(NC(=O)c2ccc(NC3(CO)CC3)nc2N2CCC3(CC2)CC3)c1. The Morgan fingerprint density at radius 1 is 1.05 bits per heavy atom. The molecule has 2 heterocycles. The first-order chi connectivity index (χ1) is 17.4. The van der Waals surface area contributed by atoms with E-state index in [1.807, 2.05) is 20.8 Å². The van der Waals surface area contributed by atoms with Crippen LogP contribution < -0.4 is 15.5 Å². The van der Waals surface area contributed by atoms with Gasteiger partial charge in [0.15, 0.2) is 9.84 Å². The maximum Gasteiger partial charge on any atom is 0.259 e. The summed E-state index contributed by atoms with van der Waals surface area (Å²) in [5.41, 5.74) is 0.683. The van der Waals surface area contributed by atoms with Crippen molar-refractivity contribution >= 4 is 33.1 Å². The summed E-state index contributed by atoms with van der Waals surface area (Å²) in [5, 5.41) is 16.0. The molecule has 2 saturated carbocycles. The maximum atomic E-state index is 13.5. The molecule has 1 spiro atoms. The van der Waals surface area contributed by atoms with Crippen LogP contribution in [0.3, 0.4) is 0 Å². The second-order valence-corrected chi connectivity index (χ2v) is 14.4. The average molecular weight is 527 g/mol. The maximum absolute atomic E-state index is 13.5. The molecule has 1 amide bonds. The Bertz CT molecular complexity index is 1280. The van der Waals surface area contributed by atoms with Crippen molar-refractivity contribution in [2.45, 2.75) is 69.7 Å². The van der Waals surface area contributed by atoms with Crippen molar-refractivity contribution < 1.29 is 18.3 Å². The van der Waals surface area contributed by atoms with Crippen LogP contribution in [0.2, 0.25) is 0 Å². The first kappa shape index (κ1) is 26.0. The van der Waals surface area contributed by atoms with E-state index >= 15 is 0 Å². The number of hydrogen-bond acceptors (Lipinski definition) is 7. The van der Waals surface area contributed by atoms with Gasteiger partial charge in [0.1, 0.15) is 11.6 Å². The second kappa shape index (κ2) is 9.27. The number of sulfone groups is 1. The van der Waals surface area contributed by atoms with Crippen LogP contribution in [-0.4, -0.2) is 55.4 Å². The van der Waals surface area contributed by atoms with E-state index in [4.69, 9.17) is 4.98 Å². The first-order valence-corrected chi connectivity index (χ1v) is 14.9. The fraction of sp³-hybridized carbons (Fsp3) is 0.571. The molecule has 0 bridgehead atoms. The lowest BCUT2D eigenvalue weighted by molar-refractivity contribution is 0.102. The predicted octanol–water partition coefficient (Wildman–Crippen LogP) is 4.47. The minimum Gasteiger partial charge on any atom is -0.394 e. The Hall–Kier alpha value is -2.65. The lowest BCUT2D eigenvalue weighted by Gasteiger charge is -2.34. The molecule has 0 unspecified atom stereocenters. The molecule has 3 aliphatic rings. The van der Waals surface area contributed by atoms with E-state index in [1.165, 1.54) is 18.9 Å². The summed E-state index contributed by atoms with van der Waals surface area (Å²) in [4.78, 5) is 20.7. The van der Waals surface area contributed by atoms with Gasteiger partial charge >= 0.3 is 0 Å². The number of pyridine rings is 1. The van der Waals surface area contributed by atoms with Crippen molar-refractivity contribution in [1.29, 1.82) is 0 Å². The number of nitrogens with zero attached hydrogens (tertiary/aromatic N) is 2. The second-order valence-electron chi connectivity index (χ2n) is 12.4. The molecule has 8 nitrogen and oxygen atoms in total. The third kappa shape index (κ3) is 5.93. The van der Waals surface area contributed by atoms with E-state index in [1.54, 1.807) is 30.3 Å². The molecule has 0 radical (unpaired) electrons. The van der Waals surface area contributed by atoms with Crippen LogP contribution in [0.1, 0.15) is 69.7 Å². The molecule has 2 aliphatic carbocycles. The molecule has 2 aromatic rings. The van der Waals surface area contributed by atoms with Crippen molar-refractivity contribution in [3.05, 3.63) is 42.0 Å². The van der Waals surface area contributed by atoms with Crippen molar-refractivity contribution in [3.8, 4) is 0 Å². The number of hydrogen-bond donors (Lipinski definition) is 3. The Balaban J connectivity index is 1.39. The fourth-order valence-electron chi connectivity index (χ4n) is 5.17. The number of aliphatic hydroxyl groups is 1. The summed E-state index contributed by atoms with van der Waals surface area (Å²) >= 11 is 0. The molecule has 1 aromatic heterocycles. The van der Waals surface area contributed by atoms with Gasteiger partial charge in [0, 0.05) is 18.8 Å². The Labute approximate surface area is 219 Å². The van der Waals surface area contributed by atoms with Crippen LogP contribution in [0.4, 0.5) is 17.3 Å². The summed E-state index contributed by atoms with van der Waals surface area (Å²) in [6.07, 6.45) is 6.56. The van der Waals surface area contributed by atoms with Crippen LogP contribution in [-0.2, 0) is 9.84 Å². The van der Waals surface area contributed by atoms with E-state index in [-0.39, 0.29) is 34.1 Å². The molecule has 1 aliphatic heterocycles. The van der Waals surface area contributed by atoms with E-state index in [9.17, 15) is 18.3 Å². The normalized spacial score (nSPS) is 19.9. The highest BCUT2D eigenvalue weighted by Crippen LogP contribution is 2.54. The summed E-state index contributed by atoms with van der Waals surface area (Å²) in [6.45, 7) is 7.42. The summed E-state index contributed by atoms with van der Waals surface area (Å²) in [5.74, 6) is 0.976. The van der Waals surface area contributed by atoms with Crippen LogP contribution in [0, 0.1) is 10.8 Å². The van der Waals surface area contributed by atoms with Gasteiger partial charge in [-0.15, -0.1) is 0 Å². The number of anilines is 3. The first-order valence-electron chi connectivity index (χ1n) is 13.2. The molecule has 1 saturated heterocycles. The number of amides is 1. The van der Waals surface area contributed by atoms with Crippen molar-refractivity contribution in [3.63, 3.8) is 0 Å². The molecule has 5 rings (SSSR count). The summed E-state index contributed by atoms with van der Waals surface area (Å²) in [6, 6.07) is 10.0. The van der Waals surface area contributed by atoms with Gasteiger partial charge < -0.3 is 20.6 Å². The highest BCUT2D eigenvalue weighted by atomic mass is 32.2. The molecule has 3 N–H and O–H groups in total. The standard InChI is InChI=1S/C28H38N4O4S/c1-26(2,3)19-37(35,36)21-6-4-5-20(17-21)29-25(34)22-7-8-23(31-28(18-33)11-12-28)30-24(22)32-15-13-27(9-10-27)14-16-32/h4-8,17,33H,9-16,18-19H2,1-3H3,(H,29,34)(H,30,31). The van der Waals surface area contributed by atoms with Crippen LogP contribution in [0.15, 0.2) is 41.3 Å². The van der Waals surface area contributed by atoms with E-state index in [0.717, 1.165) is 38.8 Å². The molecular formula is C28H38N4O4S. The third-order valence-corrected chi connectivity index (χ3v) is 10.0. The van der Waals surface area contributed by atoms with Crippen LogP contribution >= 0.6 is 0 Å². The lowest BCUT2D eigenvalue weighted by Crippen LogP contribution is -2.36. The zero-order chi connectivity index (χ0) is 26.5. The van der Waals surface area contributed by atoms with Gasteiger partial charge in [-0.2, -0.15) is 0 Å². The zero-order valence-corrected chi connectivity index (χ0v) is 22.8. The van der Waals surface area contributed by atoms with Gasteiger partial charge in [-0.25, -0.2) is 13.4 Å².